The minimum Gasteiger partial charge on any atom is -0.222 e. The van der Waals surface area contributed by atoms with Crippen molar-refractivity contribution in [2.45, 2.75) is 18.8 Å². The van der Waals surface area contributed by atoms with E-state index in [-0.39, 0.29) is 5.28 Å². The van der Waals surface area contributed by atoms with Gasteiger partial charge in [0.05, 0.1) is 5.69 Å². The molecule has 86 valence electrons. The molecule has 0 spiro atoms. The van der Waals surface area contributed by atoms with Crippen molar-refractivity contribution in [1.82, 2.24) is 9.97 Å². The molecule has 0 bridgehead atoms. The van der Waals surface area contributed by atoms with Crippen LogP contribution in [0.25, 0.3) is 0 Å². The molecule has 3 rings (SSSR count). The summed E-state index contributed by atoms with van der Waals surface area (Å²) in [6.07, 6.45) is 1.94. The van der Waals surface area contributed by atoms with Gasteiger partial charge in [0.2, 0.25) is 5.28 Å². The van der Waals surface area contributed by atoms with E-state index in [9.17, 15) is 0 Å². The van der Waals surface area contributed by atoms with E-state index in [1.807, 2.05) is 18.2 Å². The Morgan fingerprint density at radius 1 is 1.06 bits per heavy atom. The lowest BCUT2D eigenvalue weighted by atomic mass is 9.97. The third-order valence-corrected chi connectivity index (χ3v) is 3.66. The van der Waals surface area contributed by atoms with Crippen molar-refractivity contribution in [2.75, 3.05) is 0 Å². The first-order valence-electron chi connectivity index (χ1n) is 5.52. The van der Waals surface area contributed by atoms with Crippen molar-refractivity contribution in [3.63, 3.8) is 0 Å². The molecule has 0 fully saturated rings. The summed E-state index contributed by atoms with van der Waals surface area (Å²) >= 11 is 12.0. The Bertz CT molecular complexity index is 555. The highest BCUT2D eigenvalue weighted by molar-refractivity contribution is 6.32. The van der Waals surface area contributed by atoms with Crippen LogP contribution in [0.5, 0.6) is 0 Å². The first kappa shape index (κ1) is 11.0. The molecule has 1 aromatic carbocycles. The minimum atomic E-state index is 0.233. The molecule has 1 aromatic heterocycles. The number of halogens is 2. The summed E-state index contributed by atoms with van der Waals surface area (Å²) in [7, 11) is 0. The van der Waals surface area contributed by atoms with Gasteiger partial charge in [0.15, 0.2) is 0 Å². The van der Waals surface area contributed by atoms with Crippen molar-refractivity contribution in [3.8, 4) is 0 Å². The third-order valence-electron chi connectivity index (χ3n) is 3.18. The van der Waals surface area contributed by atoms with Gasteiger partial charge in [0, 0.05) is 11.5 Å². The number of nitrogens with zero attached hydrogens (tertiary/aromatic N) is 2. The van der Waals surface area contributed by atoms with Crippen LogP contribution >= 0.6 is 23.2 Å². The van der Waals surface area contributed by atoms with Crippen LogP contribution in [0.1, 0.15) is 29.2 Å². The maximum Gasteiger partial charge on any atom is 0.224 e. The van der Waals surface area contributed by atoms with E-state index in [0.29, 0.717) is 11.1 Å². The normalized spacial score (nSPS) is 18.1. The molecule has 0 radical (unpaired) electrons. The lowest BCUT2D eigenvalue weighted by Gasteiger charge is -2.11. The minimum absolute atomic E-state index is 0.233. The highest BCUT2D eigenvalue weighted by atomic mass is 35.5. The summed E-state index contributed by atoms with van der Waals surface area (Å²) in [6.45, 7) is 0. The van der Waals surface area contributed by atoms with Crippen LogP contribution in [0.3, 0.4) is 0 Å². The van der Waals surface area contributed by atoms with E-state index in [4.69, 9.17) is 23.2 Å². The topological polar surface area (TPSA) is 25.8 Å². The first-order valence-corrected chi connectivity index (χ1v) is 6.28. The molecule has 0 saturated heterocycles. The monoisotopic (exact) mass is 264 g/mol. The molecule has 0 amide bonds. The zero-order valence-corrected chi connectivity index (χ0v) is 10.5. The highest BCUT2D eigenvalue weighted by Gasteiger charge is 2.28. The van der Waals surface area contributed by atoms with Gasteiger partial charge in [-0.05, 0) is 30.0 Å². The average Bonchev–Trinajstić information content (AvgIpc) is 2.74. The number of hydrogen-bond acceptors (Lipinski definition) is 2. The van der Waals surface area contributed by atoms with Crippen molar-refractivity contribution in [1.29, 1.82) is 0 Å². The average molecular weight is 265 g/mol. The Hall–Kier alpha value is -1.12. The van der Waals surface area contributed by atoms with Crippen LogP contribution in [0.4, 0.5) is 0 Å². The summed E-state index contributed by atoms with van der Waals surface area (Å²) in [6, 6.07) is 10.3. The van der Waals surface area contributed by atoms with Crippen LogP contribution in [-0.2, 0) is 6.42 Å². The van der Waals surface area contributed by atoms with Gasteiger partial charge >= 0.3 is 0 Å². The van der Waals surface area contributed by atoms with Crippen LogP contribution in [-0.4, -0.2) is 9.97 Å². The molecule has 0 unspecified atom stereocenters. The Balaban J connectivity index is 2.10. The van der Waals surface area contributed by atoms with Gasteiger partial charge in [0.1, 0.15) is 5.15 Å². The number of fused-ring (bicyclic) bond motifs is 1. The maximum atomic E-state index is 6.09. The molecule has 1 aliphatic rings. The molecular weight excluding hydrogens is 255 g/mol. The van der Waals surface area contributed by atoms with E-state index in [1.54, 1.807) is 0 Å². The molecule has 4 heteroatoms. The van der Waals surface area contributed by atoms with E-state index in [0.717, 1.165) is 24.1 Å². The van der Waals surface area contributed by atoms with Gasteiger partial charge in [-0.1, -0.05) is 41.9 Å². The zero-order valence-electron chi connectivity index (χ0n) is 9.03. The molecule has 1 heterocycles. The quantitative estimate of drug-likeness (QED) is 0.578. The molecule has 0 aliphatic heterocycles. The second-order valence-corrected chi connectivity index (χ2v) is 4.85. The summed E-state index contributed by atoms with van der Waals surface area (Å²) in [5, 5.41) is 0.731. The van der Waals surface area contributed by atoms with Crippen LogP contribution in [0.15, 0.2) is 30.3 Å². The lowest BCUT2D eigenvalue weighted by molar-refractivity contribution is 0.771. The van der Waals surface area contributed by atoms with Crippen molar-refractivity contribution >= 4 is 23.2 Å². The van der Waals surface area contributed by atoms with Gasteiger partial charge in [-0.3, -0.25) is 0 Å². The van der Waals surface area contributed by atoms with E-state index in [2.05, 4.69) is 22.1 Å². The van der Waals surface area contributed by atoms with Crippen molar-refractivity contribution < 1.29 is 0 Å². The summed E-state index contributed by atoms with van der Waals surface area (Å²) in [5.74, 6) is 0.296. The molecule has 0 saturated carbocycles. The lowest BCUT2D eigenvalue weighted by Crippen LogP contribution is -2.00. The fourth-order valence-electron chi connectivity index (χ4n) is 2.40. The van der Waals surface area contributed by atoms with Crippen LogP contribution in [0, 0.1) is 0 Å². The number of rotatable bonds is 1. The standard InChI is InChI=1S/C13H10Cl2N2/c14-12-10-7-6-9(8-4-2-1-3-5-8)11(10)16-13(15)17-12/h1-5,9H,6-7H2/t9-/m1/s1. The fraction of sp³-hybridized carbons (Fsp3) is 0.231. The van der Waals surface area contributed by atoms with Gasteiger partial charge in [-0.25, -0.2) is 9.97 Å². The fourth-order valence-corrected chi connectivity index (χ4v) is 2.89. The predicted molar refractivity (Wildman–Crippen MR) is 68.7 cm³/mol. The number of aromatic nitrogens is 2. The van der Waals surface area contributed by atoms with E-state index < -0.39 is 0 Å². The predicted octanol–water partition coefficient (Wildman–Crippen LogP) is 3.86. The SMILES string of the molecule is Clc1nc(Cl)c2c(n1)[C@@H](c1ccccc1)CC2. The zero-order chi connectivity index (χ0) is 11.8. The smallest absolute Gasteiger partial charge is 0.222 e. The largest absolute Gasteiger partial charge is 0.224 e. The Kier molecular flexibility index (Phi) is 2.77. The molecule has 2 aromatic rings. The van der Waals surface area contributed by atoms with Crippen LogP contribution in [0.2, 0.25) is 10.4 Å². The number of benzene rings is 1. The Morgan fingerprint density at radius 3 is 2.59 bits per heavy atom. The van der Waals surface area contributed by atoms with E-state index in [1.165, 1.54) is 5.56 Å². The molecule has 1 aliphatic carbocycles. The van der Waals surface area contributed by atoms with Crippen LogP contribution < -0.4 is 0 Å². The third kappa shape index (κ3) is 1.92. The summed E-state index contributed by atoms with van der Waals surface area (Å²) < 4.78 is 0. The van der Waals surface area contributed by atoms with Gasteiger partial charge in [0.25, 0.3) is 0 Å². The van der Waals surface area contributed by atoms with E-state index >= 15 is 0 Å². The molecular formula is C13H10Cl2N2. The second-order valence-electron chi connectivity index (χ2n) is 4.15. The maximum absolute atomic E-state index is 6.09. The Morgan fingerprint density at radius 2 is 1.82 bits per heavy atom. The molecule has 17 heavy (non-hydrogen) atoms. The van der Waals surface area contributed by atoms with Crippen molar-refractivity contribution in [3.05, 3.63) is 57.6 Å². The first-order chi connectivity index (χ1) is 8.25. The molecule has 0 N–H and O–H groups in total. The highest BCUT2D eigenvalue weighted by Crippen LogP contribution is 2.39. The van der Waals surface area contributed by atoms with Crippen molar-refractivity contribution in [2.24, 2.45) is 0 Å². The van der Waals surface area contributed by atoms with Gasteiger partial charge in [-0.2, -0.15) is 0 Å². The number of hydrogen-bond donors (Lipinski definition) is 0. The summed E-state index contributed by atoms with van der Waals surface area (Å²) in [4.78, 5) is 8.34. The van der Waals surface area contributed by atoms with Gasteiger partial charge < -0.3 is 0 Å². The van der Waals surface area contributed by atoms with Gasteiger partial charge in [-0.15, -0.1) is 0 Å². The summed E-state index contributed by atoms with van der Waals surface area (Å²) in [5.41, 5.74) is 3.29. The molecule has 2 nitrogen and oxygen atoms in total. The molecule has 1 atom stereocenters. The Labute approximate surface area is 110 Å². The second kappa shape index (κ2) is 4.28.